The largest absolute Gasteiger partial charge is 0.272 e. The fourth-order valence-electron chi connectivity index (χ4n) is 1.44. The summed E-state index contributed by atoms with van der Waals surface area (Å²) in [6.45, 7) is 1.84. The molecule has 0 fully saturated rings. The molecule has 0 spiro atoms. The monoisotopic (exact) mass is 159 g/mol. The Hall–Kier alpha value is -1.44. The first-order valence-corrected chi connectivity index (χ1v) is 3.93. The third-order valence-electron chi connectivity index (χ3n) is 1.99. The van der Waals surface area contributed by atoms with Crippen molar-refractivity contribution in [3.8, 4) is 0 Å². The average molecular weight is 159 g/mol. The van der Waals surface area contributed by atoms with Crippen molar-refractivity contribution in [3.63, 3.8) is 0 Å². The van der Waals surface area contributed by atoms with Gasteiger partial charge >= 0.3 is 0 Å². The Morgan fingerprint density at radius 3 is 3.08 bits per heavy atom. The van der Waals surface area contributed by atoms with Crippen LogP contribution in [0, 0.1) is 5.92 Å². The molecule has 0 bridgehead atoms. The van der Waals surface area contributed by atoms with Crippen molar-refractivity contribution in [3.05, 3.63) is 36.0 Å². The molecular formula is C10H9NO. The van der Waals surface area contributed by atoms with E-state index in [1.807, 2.05) is 37.3 Å². The molecule has 12 heavy (non-hydrogen) atoms. The summed E-state index contributed by atoms with van der Waals surface area (Å²) < 4.78 is 0. The molecule has 0 N–H and O–H groups in total. The summed E-state index contributed by atoms with van der Waals surface area (Å²) in [6.07, 6.45) is 9.61. The van der Waals surface area contributed by atoms with Gasteiger partial charge in [0.1, 0.15) is 0 Å². The molecule has 0 saturated heterocycles. The Labute approximate surface area is 71.0 Å². The second kappa shape index (κ2) is 2.55. The first-order chi connectivity index (χ1) is 5.77. The molecule has 1 aliphatic heterocycles. The van der Waals surface area contributed by atoms with Gasteiger partial charge in [0, 0.05) is 5.71 Å². The highest BCUT2D eigenvalue weighted by Crippen LogP contribution is 2.23. The lowest BCUT2D eigenvalue weighted by molar-refractivity contribution is -0.119. The molecule has 0 radical (unpaired) electrons. The van der Waals surface area contributed by atoms with E-state index in [1.54, 1.807) is 0 Å². The molecule has 2 rings (SSSR count). The minimum absolute atomic E-state index is 0.0504. The van der Waals surface area contributed by atoms with Crippen LogP contribution < -0.4 is 0 Å². The molecule has 1 amide bonds. The average Bonchev–Trinajstić information content (AvgIpc) is 2.04. The van der Waals surface area contributed by atoms with Crippen molar-refractivity contribution in [1.29, 1.82) is 0 Å². The van der Waals surface area contributed by atoms with Gasteiger partial charge in [-0.1, -0.05) is 24.3 Å². The number of hydrogen-bond acceptors (Lipinski definition) is 1. The van der Waals surface area contributed by atoms with E-state index in [9.17, 15) is 4.79 Å². The van der Waals surface area contributed by atoms with Gasteiger partial charge in [-0.3, -0.25) is 4.79 Å². The predicted octanol–water partition coefficient (Wildman–Crippen LogP) is 1.66. The number of amides is 1. The van der Waals surface area contributed by atoms with Crippen LogP contribution in [0.1, 0.15) is 6.92 Å². The summed E-state index contributed by atoms with van der Waals surface area (Å²) in [5.74, 6) is -0.177. The maximum absolute atomic E-state index is 11.3. The number of rotatable bonds is 0. The van der Waals surface area contributed by atoms with Crippen LogP contribution in [0.2, 0.25) is 0 Å². The zero-order chi connectivity index (χ0) is 8.55. The summed E-state index contributed by atoms with van der Waals surface area (Å²) in [5.41, 5.74) is 1.85. The van der Waals surface area contributed by atoms with E-state index in [0.717, 1.165) is 11.3 Å². The molecule has 1 atom stereocenters. The minimum Gasteiger partial charge on any atom is -0.272 e. The Morgan fingerprint density at radius 2 is 2.25 bits per heavy atom. The number of nitrogens with zero attached hydrogens (tertiary/aromatic N) is 1. The normalized spacial score (nSPS) is 26.4. The second-order valence-corrected chi connectivity index (χ2v) is 2.96. The number of carbonyl (C=O) groups is 1. The highest BCUT2D eigenvalue weighted by molar-refractivity contribution is 6.07. The predicted molar refractivity (Wildman–Crippen MR) is 48.0 cm³/mol. The fraction of sp³-hybridized carbons (Fsp3) is 0.200. The highest BCUT2D eigenvalue weighted by atomic mass is 16.1. The second-order valence-electron chi connectivity index (χ2n) is 2.96. The smallest absolute Gasteiger partial charge is 0.257 e. The van der Waals surface area contributed by atoms with E-state index in [1.165, 1.54) is 0 Å². The number of hydrogen-bond donors (Lipinski definition) is 0. The van der Waals surface area contributed by atoms with Crippen LogP contribution in [-0.4, -0.2) is 11.6 Å². The van der Waals surface area contributed by atoms with Crippen LogP contribution in [-0.2, 0) is 4.79 Å². The zero-order valence-electron chi connectivity index (χ0n) is 6.82. The third-order valence-corrected chi connectivity index (χ3v) is 1.99. The Bertz CT molecular complexity index is 345. The summed E-state index contributed by atoms with van der Waals surface area (Å²) in [4.78, 5) is 15.2. The van der Waals surface area contributed by atoms with Crippen LogP contribution in [0.3, 0.4) is 0 Å². The summed E-state index contributed by atoms with van der Waals surface area (Å²) in [7, 11) is 0. The first kappa shape index (κ1) is 7.22. The van der Waals surface area contributed by atoms with Crippen LogP contribution in [0.5, 0.6) is 0 Å². The molecule has 0 aromatic rings. The molecule has 2 heteroatoms. The quantitative estimate of drug-likeness (QED) is 0.528. The standard InChI is InChI=1S/C10H9NO/c1-7-6-8-4-2-3-5-9(8)10(12)11-7/h2-6,9H,1H3. The van der Waals surface area contributed by atoms with E-state index >= 15 is 0 Å². The highest BCUT2D eigenvalue weighted by Gasteiger charge is 2.22. The first-order valence-electron chi connectivity index (χ1n) is 3.93. The van der Waals surface area contributed by atoms with Gasteiger partial charge in [-0.2, -0.15) is 0 Å². The molecule has 0 saturated carbocycles. The molecule has 2 nitrogen and oxygen atoms in total. The van der Waals surface area contributed by atoms with Crippen molar-refractivity contribution in [1.82, 2.24) is 0 Å². The van der Waals surface area contributed by atoms with Gasteiger partial charge in [-0.15, -0.1) is 0 Å². The van der Waals surface area contributed by atoms with Gasteiger partial charge in [-0.05, 0) is 18.6 Å². The van der Waals surface area contributed by atoms with E-state index in [4.69, 9.17) is 0 Å². The van der Waals surface area contributed by atoms with Gasteiger partial charge in [0.2, 0.25) is 0 Å². The molecule has 0 aromatic carbocycles. The lowest BCUT2D eigenvalue weighted by atomic mass is 9.91. The van der Waals surface area contributed by atoms with Crippen molar-refractivity contribution in [2.75, 3.05) is 0 Å². The van der Waals surface area contributed by atoms with Crippen molar-refractivity contribution in [2.24, 2.45) is 10.9 Å². The van der Waals surface area contributed by atoms with E-state index in [-0.39, 0.29) is 11.8 Å². The molecule has 1 aliphatic carbocycles. The van der Waals surface area contributed by atoms with Gasteiger partial charge < -0.3 is 0 Å². The van der Waals surface area contributed by atoms with Crippen molar-refractivity contribution < 1.29 is 4.79 Å². The Balaban J connectivity index is 2.45. The van der Waals surface area contributed by atoms with Crippen LogP contribution in [0.4, 0.5) is 0 Å². The molecular weight excluding hydrogens is 150 g/mol. The summed E-state index contributed by atoms with van der Waals surface area (Å²) in [6, 6.07) is 0. The topological polar surface area (TPSA) is 29.4 Å². The number of carbonyl (C=O) groups excluding carboxylic acids is 1. The third kappa shape index (κ3) is 1.05. The number of dihydropyridines is 1. The van der Waals surface area contributed by atoms with Crippen molar-refractivity contribution in [2.45, 2.75) is 6.92 Å². The molecule has 1 heterocycles. The van der Waals surface area contributed by atoms with Crippen LogP contribution in [0.25, 0.3) is 0 Å². The Kier molecular flexibility index (Phi) is 1.54. The molecule has 2 aliphatic rings. The number of fused-ring (bicyclic) bond motifs is 1. The maximum atomic E-state index is 11.3. The van der Waals surface area contributed by atoms with Gasteiger partial charge in [0.05, 0.1) is 5.92 Å². The molecule has 1 unspecified atom stereocenters. The van der Waals surface area contributed by atoms with Gasteiger partial charge in [0.25, 0.3) is 5.91 Å². The SMILES string of the molecule is CC1=NC(=O)C2C=CC=CC2=C1. The van der Waals surface area contributed by atoms with Crippen LogP contribution >= 0.6 is 0 Å². The fourth-order valence-corrected chi connectivity index (χ4v) is 1.44. The summed E-state index contributed by atoms with van der Waals surface area (Å²) >= 11 is 0. The van der Waals surface area contributed by atoms with E-state index in [2.05, 4.69) is 4.99 Å². The van der Waals surface area contributed by atoms with Crippen molar-refractivity contribution >= 4 is 11.6 Å². The van der Waals surface area contributed by atoms with Gasteiger partial charge in [-0.25, -0.2) is 4.99 Å². The summed E-state index contributed by atoms with van der Waals surface area (Å²) in [5, 5.41) is 0. The van der Waals surface area contributed by atoms with Gasteiger partial charge in [0.15, 0.2) is 0 Å². The van der Waals surface area contributed by atoms with E-state index in [0.29, 0.717) is 0 Å². The van der Waals surface area contributed by atoms with Crippen LogP contribution in [0.15, 0.2) is 40.9 Å². The van der Waals surface area contributed by atoms with E-state index < -0.39 is 0 Å². The molecule has 60 valence electrons. The lowest BCUT2D eigenvalue weighted by Crippen LogP contribution is -2.18. The lowest BCUT2D eigenvalue weighted by Gasteiger charge is -2.17. The molecule has 0 aromatic heterocycles. The number of aliphatic imine (C=N–C) groups is 1. The number of allylic oxidation sites excluding steroid dienone is 4. The maximum Gasteiger partial charge on any atom is 0.257 e. The Morgan fingerprint density at radius 1 is 1.42 bits per heavy atom. The zero-order valence-corrected chi connectivity index (χ0v) is 6.82. The minimum atomic E-state index is -0.126.